The Kier molecular flexibility index (Phi) is 3.83. The van der Waals surface area contributed by atoms with Crippen LogP contribution in [-0.2, 0) is 23.6 Å². The van der Waals surface area contributed by atoms with Gasteiger partial charge >= 0.3 is 11.7 Å². The lowest BCUT2D eigenvalue weighted by atomic mass is 10.5. The van der Waals surface area contributed by atoms with E-state index < -0.39 is 17.2 Å². The van der Waals surface area contributed by atoms with Gasteiger partial charge in [-0.3, -0.25) is 18.7 Å². The maximum atomic E-state index is 12.0. The van der Waals surface area contributed by atoms with Gasteiger partial charge in [0, 0.05) is 21.1 Å². The predicted molar refractivity (Wildman–Crippen MR) is 76.5 cm³/mol. The molecule has 0 aliphatic carbocycles. The predicted octanol–water partition coefficient (Wildman–Crippen LogP) is -1.04. The second kappa shape index (κ2) is 5.43. The van der Waals surface area contributed by atoms with Gasteiger partial charge in [0.1, 0.15) is 6.54 Å². The fourth-order valence-electron chi connectivity index (χ4n) is 1.97. The smallest absolute Gasteiger partial charge is 0.332 e. The third kappa shape index (κ3) is 2.54. The first-order valence-electron chi connectivity index (χ1n) is 6.39. The number of esters is 1. The van der Waals surface area contributed by atoms with Crippen LogP contribution in [0.5, 0.6) is 0 Å². The maximum absolute atomic E-state index is 12.0. The van der Waals surface area contributed by atoms with E-state index in [0.29, 0.717) is 12.6 Å². The van der Waals surface area contributed by atoms with Gasteiger partial charge in [0.05, 0.1) is 6.61 Å². The molecule has 0 saturated heterocycles. The molecule has 9 heteroatoms. The second-order valence-electron chi connectivity index (χ2n) is 4.63. The zero-order valence-electron chi connectivity index (χ0n) is 12.3. The number of anilines is 1. The van der Waals surface area contributed by atoms with Crippen LogP contribution in [0.1, 0.15) is 6.92 Å². The molecule has 0 radical (unpaired) electrons. The number of nitrogens with one attached hydrogen (secondary N) is 1. The third-order valence-electron chi connectivity index (χ3n) is 3.12. The number of fused-ring (bicyclic) bond motifs is 1. The summed E-state index contributed by atoms with van der Waals surface area (Å²) in [6.45, 7) is 2.00. The molecular weight excluding hydrogens is 278 g/mol. The Morgan fingerprint density at radius 1 is 1.33 bits per heavy atom. The fraction of sp³-hybridized carbons (Fsp3) is 0.500. The zero-order chi connectivity index (χ0) is 15.7. The van der Waals surface area contributed by atoms with Crippen molar-refractivity contribution in [3.63, 3.8) is 0 Å². The molecule has 0 atom stereocenters. The number of nitrogens with zero attached hydrogens (tertiary/aromatic N) is 4. The highest BCUT2D eigenvalue weighted by Gasteiger charge is 2.17. The van der Waals surface area contributed by atoms with E-state index >= 15 is 0 Å². The highest BCUT2D eigenvalue weighted by atomic mass is 16.5. The van der Waals surface area contributed by atoms with E-state index in [1.807, 2.05) is 0 Å². The third-order valence-corrected chi connectivity index (χ3v) is 3.12. The Morgan fingerprint density at radius 3 is 2.62 bits per heavy atom. The summed E-state index contributed by atoms with van der Waals surface area (Å²) >= 11 is 0. The van der Waals surface area contributed by atoms with Crippen molar-refractivity contribution in [2.75, 3.05) is 25.1 Å². The van der Waals surface area contributed by atoms with E-state index in [1.54, 1.807) is 14.0 Å². The van der Waals surface area contributed by atoms with Crippen molar-refractivity contribution in [2.24, 2.45) is 14.1 Å². The van der Waals surface area contributed by atoms with Gasteiger partial charge in [-0.05, 0) is 6.92 Å². The largest absolute Gasteiger partial charge is 0.465 e. The molecule has 0 aliphatic heterocycles. The monoisotopic (exact) mass is 295 g/mol. The molecular formula is C12H17N5O4. The standard InChI is InChI=1S/C12H17N5O4/c1-5-21-7(18)6-15(2)11-13-8-9(14-11)16(3)12(20)17(4)10(8)19/h5-6H2,1-4H3,(H,13,14). The van der Waals surface area contributed by atoms with Gasteiger partial charge in [0.25, 0.3) is 5.56 Å². The van der Waals surface area contributed by atoms with Crippen LogP contribution in [0.15, 0.2) is 9.59 Å². The highest BCUT2D eigenvalue weighted by molar-refractivity contribution is 5.77. The van der Waals surface area contributed by atoms with Crippen molar-refractivity contribution in [3.8, 4) is 0 Å². The van der Waals surface area contributed by atoms with Gasteiger partial charge in [-0.1, -0.05) is 0 Å². The first-order valence-corrected chi connectivity index (χ1v) is 6.39. The zero-order valence-corrected chi connectivity index (χ0v) is 12.3. The molecule has 0 saturated carbocycles. The molecule has 0 amide bonds. The molecule has 114 valence electrons. The van der Waals surface area contributed by atoms with Gasteiger partial charge in [-0.25, -0.2) is 4.79 Å². The minimum absolute atomic E-state index is 0.0120. The van der Waals surface area contributed by atoms with Gasteiger partial charge in [-0.15, -0.1) is 0 Å². The van der Waals surface area contributed by atoms with Crippen LogP contribution in [0.25, 0.3) is 11.2 Å². The topological polar surface area (TPSA) is 102 Å². The average molecular weight is 295 g/mol. The summed E-state index contributed by atoms with van der Waals surface area (Å²) in [5, 5.41) is 0. The van der Waals surface area contributed by atoms with Crippen molar-refractivity contribution in [1.82, 2.24) is 19.1 Å². The summed E-state index contributed by atoms with van der Waals surface area (Å²) in [4.78, 5) is 43.9. The number of likely N-dealkylation sites (N-methyl/N-ethyl adjacent to an activating group) is 1. The first-order chi connectivity index (χ1) is 9.86. The molecule has 2 aromatic rings. The van der Waals surface area contributed by atoms with Crippen LogP contribution in [0.3, 0.4) is 0 Å². The van der Waals surface area contributed by atoms with E-state index in [-0.39, 0.29) is 17.7 Å². The van der Waals surface area contributed by atoms with Gasteiger partial charge in [0.15, 0.2) is 11.2 Å². The fourth-order valence-corrected chi connectivity index (χ4v) is 1.97. The Morgan fingerprint density at radius 2 is 2.00 bits per heavy atom. The Hall–Kier alpha value is -2.58. The van der Waals surface area contributed by atoms with Crippen molar-refractivity contribution < 1.29 is 9.53 Å². The molecule has 0 aromatic carbocycles. The number of rotatable bonds is 4. The average Bonchev–Trinajstić information content (AvgIpc) is 2.88. The molecule has 0 bridgehead atoms. The Balaban J connectivity index is 2.46. The SMILES string of the molecule is CCOC(=O)CN(C)c1nc2c([nH]1)c(=O)n(C)c(=O)n2C. The number of imidazole rings is 1. The number of hydrogen-bond donors (Lipinski definition) is 1. The molecule has 0 spiro atoms. The number of H-pyrrole nitrogens is 1. The normalized spacial score (nSPS) is 10.9. The summed E-state index contributed by atoms with van der Waals surface area (Å²) in [5.41, 5.74) is -0.464. The van der Waals surface area contributed by atoms with Crippen molar-refractivity contribution >= 4 is 23.1 Å². The van der Waals surface area contributed by atoms with E-state index in [1.165, 1.54) is 23.6 Å². The van der Waals surface area contributed by atoms with Crippen LogP contribution in [0.4, 0.5) is 5.95 Å². The molecule has 0 fully saturated rings. The molecule has 1 N–H and O–H groups in total. The van der Waals surface area contributed by atoms with Gasteiger partial charge in [-0.2, -0.15) is 4.98 Å². The highest BCUT2D eigenvalue weighted by Crippen LogP contribution is 2.11. The molecule has 0 aliphatic rings. The number of aromatic nitrogens is 4. The Bertz CT molecular complexity index is 800. The molecule has 21 heavy (non-hydrogen) atoms. The molecule has 2 heterocycles. The number of carbonyl (C=O) groups excluding carboxylic acids is 1. The summed E-state index contributed by atoms with van der Waals surface area (Å²) in [6.07, 6.45) is 0. The molecule has 9 nitrogen and oxygen atoms in total. The maximum Gasteiger partial charge on any atom is 0.332 e. The van der Waals surface area contributed by atoms with Crippen molar-refractivity contribution in [2.45, 2.75) is 6.92 Å². The van der Waals surface area contributed by atoms with E-state index in [2.05, 4.69) is 9.97 Å². The van der Waals surface area contributed by atoms with E-state index in [9.17, 15) is 14.4 Å². The lowest BCUT2D eigenvalue weighted by Crippen LogP contribution is -2.36. The van der Waals surface area contributed by atoms with Gasteiger partial charge < -0.3 is 14.6 Å². The summed E-state index contributed by atoms with van der Waals surface area (Å²) in [5.74, 6) is -0.0846. The molecule has 0 unspecified atom stereocenters. The second-order valence-corrected chi connectivity index (χ2v) is 4.63. The minimum Gasteiger partial charge on any atom is -0.465 e. The number of hydrogen-bond acceptors (Lipinski definition) is 6. The quantitative estimate of drug-likeness (QED) is 0.723. The number of ether oxygens (including phenoxy) is 1. The first kappa shape index (κ1) is 14.8. The number of aromatic amines is 1. The molecule has 2 rings (SSSR count). The summed E-state index contributed by atoms with van der Waals surface area (Å²) < 4.78 is 7.12. The van der Waals surface area contributed by atoms with Crippen LogP contribution < -0.4 is 16.1 Å². The van der Waals surface area contributed by atoms with Crippen LogP contribution in [-0.4, -0.2) is 45.3 Å². The Labute approximate surface area is 119 Å². The lowest BCUT2D eigenvalue weighted by molar-refractivity contribution is -0.141. The number of carbonyl (C=O) groups is 1. The van der Waals surface area contributed by atoms with Gasteiger partial charge in [0.2, 0.25) is 5.95 Å². The lowest BCUT2D eigenvalue weighted by Gasteiger charge is -2.13. The minimum atomic E-state index is -0.462. The van der Waals surface area contributed by atoms with Crippen LogP contribution in [0.2, 0.25) is 0 Å². The molecule has 2 aromatic heterocycles. The van der Waals surface area contributed by atoms with Crippen molar-refractivity contribution in [3.05, 3.63) is 20.8 Å². The van der Waals surface area contributed by atoms with E-state index in [0.717, 1.165) is 4.57 Å². The van der Waals surface area contributed by atoms with Crippen LogP contribution in [0, 0.1) is 0 Å². The van der Waals surface area contributed by atoms with E-state index in [4.69, 9.17) is 4.74 Å². The van der Waals surface area contributed by atoms with Crippen LogP contribution >= 0.6 is 0 Å². The summed E-state index contributed by atoms with van der Waals surface area (Å²) in [7, 11) is 4.56. The van der Waals surface area contributed by atoms with Crippen molar-refractivity contribution in [1.29, 1.82) is 0 Å². The number of aryl methyl sites for hydroxylation is 1. The summed E-state index contributed by atoms with van der Waals surface area (Å²) in [6, 6.07) is 0.